The summed E-state index contributed by atoms with van der Waals surface area (Å²) in [7, 11) is 0. The summed E-state index contributed by atoms with van der Waals surface area (Å²) in [6, 6.07) is 1.83. The summed E-state index contributed by atoms with van der Waals surface area (Å²) in [5.41, 5.74) is 2.62. The molecule has 0 spiro atoms. The molecule has 2 aromatic rings. The van der Waals surface area contributed by atoms with Gasteiger partial charge in [-0.05, 0) is 39.2 Å². The van der Waals surface area contributed by atoms with Gasteiger partial charge in [0.15, 0.2) is 11.6 Å². The van der Waals surface area contributed by atoms with E-state index in [0.717, 1.165) is 48.7 Å². The summed E-state index contributed by atoms with van der Waals surface area (Å²) in [5, 5.41) is 0. The number of nitrogens with one attached hydrogen (secondary N) is 1. The van der Waals surface area contributed by atoms with Crippen LogP contribution in [-0.2, 0) is 4.79 Å². The average Bonchev–Trinajstić information content (AvgIpc) is 3.01. The molecule has 6 nitrogen and oxygen atoms in total. The Morgan fingerprint density at radius 3 is 2.92 bits per heavy atom. The van der Waals surface area contributed by atoms with Crippen LogP contribution in [0.4, 0.5) is 0 Å². The Morgan fingerprint density at radius 2 is 2.21 bits per heavy atom. The van der Waals surface area contributed by atoms with Crippen LogP contribution in [0.5, 0.6) is 0 Å². The van der Waals surface area contributed by atoms with Crippen molar-refractivity contribution in [3.05, 3.63) is 29.5 Å². The Morgan fingerprint density at radius 1 is 1.38 bits per heavy atom. The van der Waals surface area contributed by atoms with E-state index in [4.69, 9.17) is 16.6 Å². The van der Waals surface area contributed by atoms with Crippen molar-refractivity contribution in [1.82, 2.24) is 24.8 Å². The second-order valence-corrected chi connectivity index (χ2v) is 6.58. The van der Waals surface area contributed by atoms with Gasteiger partial charge in [-0.1, -0.05) is 0 Å². The molecular weight excluding hydrogens is 326 g/mol. The number of hydrogen-bond acceptors (Lipinski definition) is 4. The molecule has 2 aromatic heterocycles. The lowest BCUT2D eigenvalue weighted by Crippen LogP contribution is -2.39. The van der Waals surface area contributed by atoms with Crippen molar-refractivity contribution in [3.8, 4) is 11.5 Å². The summed E-state index contributed by atoms with van der Waals surface area (Å²) >= 11 is 5.75. The molecule has 3 rings (SSSR count). The summed E-state index contributed by atoms with van der Waals surface area (Å²) in [5.74, 6) is 1.85. The van der Waals surface area contributed by atoms with Crippen molar-refractivity contribution < 1.29 is 4.79 Å². The van der Waals surface area contributed by atoms with Gasteiger partial charge < -0.3 is 9.88 Å². The Bertz CT molecular complexity index is 730. The highest BCUT2D eigenvalue weighted by atomic mass is 35.5. The molecule has 128 valence electrons. The molecule has 0 saturated carbocycles. The molecule has 1 unspecified atom stereocenters. The fraction of sp³-hybridized carbons (Fsp3) is 0.529. The molecule has 0 aliphatic carbocycles. The van der Waals surface area contributed by atoms with Crippen LogP contribution in [0.25, 0.3) is 11.5 Å². The van der Waals surface area contributed by atoms with Gasteiger partial charge in [0.05, 0.1) is 6.04 Å². The lowest BCUT2D eigenvalue weighted by atomic mass is 10.0. The van der Waals surface area contributed by atoms with E-state index in [1.165, 1.54) is 0 Å². The van der Waals surface area contributed by atoms with Crippen LogP contribution in [-0.4, -0.2) is 43.2 Å². The van der Waals surface area contributed by atoms with Gasteiger partial charge in [-0.15, -0.1) is 11.6 Å². The van der Waals surface area contributed by atoms with Crippen LogP contribution in [0.1, 0.15) is 48.9 Å². The quantitative estimate of drug-likeness (QED) is 0.862. The zero-order valence-corrected chi connectivity index (χ0v) is 14.8. The number of aromatic amines is 1. The van der Waals surface area contributed by atoms with Gasteiger partial charge >= 0.3 is 0 Å². The normalized spacial score (nSPS) is 18.0. The molecule has 1 amide bonds. The highest BCUT2D eigenvalue weighted by Crippen LogP contribution is 2.30. The Kier molecular flexibility index (Phi) is 5.14. The predicted molar refractivity (Wildman–Crippen MR) is 92.7 cm³/mol. The number of aryl methyl sites for hydroxylation is 2. The maximum atomic E-state index is 12.4. The van der Waals surface area contributed by atoms with Crippen LogP contribution >= 0.6 is 11.6 Å². The van der Waals surface area contributed by atoms with Crippen LogP contribution in [0.3, 0.4) is 0 Å². The smallest absolute Gasteiger partial charge is 0.224 e. The van der Waals surface area contributed by atoms with Crippen molar-refractivity contribution in [2.24, 2.45) is 0 Å². The molecule has 1 aliphatic rings. The van der Waals surface area contributed by atoms with E-state index in [0.29, 0.717) is 18.1 Å². The third-order valence-corrected chi connectivity index (χ3v) is 4.44. The predicted octanol–water partition coefficient (Wildman–Crippen LogP) is 3.17. The van der Waals surface area contributed by atoms with E-state index in [2.05, 4.69) is 15.0 Å². The Labute approximate surface area is 146 Å². The largest absolute Gasteiger partial charge is 0.341 e. The molecule has 0 radical (unpaired) electrons. The van der Waals surface area contributed by atoms with Gasteiger partial charge in [0.2, 0.25) is 5.91 Å². The van der Waals surface area contributed by atoms with Gasteiger partial charge in [0.1, 0.15) is 5.69 Å². The summed E-state index contributed by atoms with van der Waals surface area (Å²) in [4.78, 5) is 31.1. The van der Waals surface area contributed by atoms with E-state index >= 15 is 0 Å². The minimum absolute atomic E-state index is 0.0789. The van der Waals surface area contributed by atoms with Crippen LogP contribution in [0, 0.1) is 13.8 Å². The van der Waals surface area contributed by atoms with Gasteiger partial charge in [-0.3, -0.25) is 4.79 Å². The minimum atomic E-state index is -0.0795. The molecule has 1 fully saturated rings. The third-order valence-electron chi connectivity index (χ3n) is 4.25. The second-order valence-electron chi connectivity index (χ2n) is 6.21. The first-order valence-electron chi connectivity index (χ1n) is 8.31. The van der Waals surface area contributed by atoms with Gasteiger partial charge in [0.25, 0.3) is 0 Å². The molecule has 0 bridgehead atoms. The molecule has 1 atom stereocenters. The Hall–Kier alpha value is -1.95. The molecule has 3 heterocycles. The van der Waals surface area contributed by atoms with E-state index in [9.17, 15) is 4.79 Å². The zero-order chi connectivity index (χ0) is 17.1. The SMILES string of the molecule is Cc1cc(-c2ncc(C)[nH]2)nc(C2CCCCN2C(=O)CCCl)n1. The van der Waals surface area contributed by atoms with Crippen molar-refractivity contribution in [3.63, 3.8) is 0 Å². The number of carbonyl (C=O) groups excluding carboxylic acids is 1. The lowest BCUT2D eigenvalue weighted by Gasteiger charge is -2.35. The van der Waals surface area contributed by atoms with E-state index in [1.54, 1.807) is 6.20 Å². The highest BCUT2D eigenvalue weighted by molar-refractivity contribution is 6.18. The van der Waals surface area contributed by atoms with Crippen molar-refractivity contribution >= 4 is 17.5 Å². The van der Waals surface area contributed by atoms with E-state index in [1.807, 2.05) is 24.8 Å². The van der Waals surface area contributed by atoms with Crippen molar-refractivity contribution in [2.75, 3.05) is 12.4 Å². The van der Waals surface area contributed by atoms with Gasteiger partial charge in [-0.25, -0.2) is 15.0 Å². The fourth-order valence-electron chi connectivity index (χ4n) is 3.13. The number of alkyl halides is 1. The van der Waals surface area contributed by atoms with Crippen LogP contribution in [0.2, 0.25) is 0 Å². The molecule has 1 aliphatic heterocycles. The number of imidazole rings is 1. The van der Waals surface area contributed by atoms with Crippen molar-refractivity contribution in [2.45, 2.75) is 45.6 Å². The molecule has 7 heteroatoms. The molecular formula is C17H22ClN5O. The summed E-state index contributed by atoms with van der Waals surface area (Å²) < 4.78 is 0. The van der Waals surface area contributed by atoms with Crippen LogP contribution in [0.15, 0.2) is 12.3 Å². The average molecular weight is 348 g/mol. The Balaban J connectivity index is 1.94. The second kappa shape index (κ2) is 7.30. The fourth-order valence-corrected chi connectivity index (χ4v) is 3.29. The number of H-pyrrole nitrogens is 1. The minimum Gasteiger partial charge on any atom is -0.341 e. The lowest BCUT2D eigenvalue weighted by molar-refractivity contribution is -0.134. The van der Waals surface area contributed by atoms with E-state index in [-0.39, 0.29) is 11.9 Å². The molecule has 1 N–H and O–H groups in total. The highest BCUT2D eigenvalue weighted by Gasteiger charge is 2.30. The number of halogens is 1. The maximum Gasteiger partial charge on any atom is 0.224 e. The first-order valence-corrected chi connectivity index (χ1v) is 8.85. The number of piperidine rings is 1. The summed E-state index contributed by atoms with van der Waals surface area (Å²) in [6.07, 6.45) is 5.11. The van der Waals surface area contributed by atoms with Crippen LogP contribution < -0.4 is 0 Å². The number of rotatable bonds is 4. The monoisotopic (exact) mass is 347 g/mol. The number of nitrogens with zero attached hydrogens (tertiary/aromatic N) is 4. The first-order chi connectivity index (χ1) is 11.6. The number of aromatic nitrogens is 4. The number of amides is 1. The third kappa shape index (κ3) is 3.59. The van der Waals surface area contributed by atoms with Gasteiger partial charge in [0, 0.05) is 36.4 Å². The summed E-state index contributed by atoms with van der Waals surface area (Å²) in [6.45, 7) is 4.64. The topological polar surface area (TPSA) is 74.8 Å². The number of carbonyl (C=O) groups is 1. The van der Waals surface area contributed by atoms with Gasteiger partial charge in [-0.2, -0.15) is 0 Å². The van der Waals surface area contributed by atoms with Crippen molar-refractivity contribution in [1.29, 1.82) is 0 Å². The maximum absolute atomic E-state index is 12.4. The number of likely N-dealkylation sites (tertiary alicyclic amines) is 1. The van der Waals surface area contributed by atoms with E-state index < -0.39 is 0 Å². The standard InChI is InChI=1S/C17H22ClN5O/c1-11-9-13(16-19-10-12(2)21-16)22-17(20-11)14-5-3-4-8-23(14)15(24)6-7-18/h9-10,14H,3-8H2,1-2H3,(H,19,21). The number of hydrogen-bond donors (Lipinski definition) is 1. The first kappa shape index (κ1) is 16.9. The molecule has 0 aromatic carbocycles. The molecule has 24 heavy (non-hydrogen) atoms. The molecule has 1 saturated heterocycles. The zero-order valence-electron chi connectivity index (χ0n) is 14.0.